The number of para-hydroxylation sites is 1. The van der Waals surface area contributed by atoms with Crippen molar-refractivity contribution in [2.45, 2.75) is 18.7 Å². The summed E-state index contributed by atoms with van der Waals surface area (Å²) in [6, 6.07) is 24.6. The first kappa shape index (κ1) is 19.0. The standard InChI is InChI=1S/C23H21N3O2S/c1-17-14-21(18(2)26(17)22-10-4-3-5-11-22)16-24-25-29(27,28)23-13-12-19-8-6-7-9-20(19)15-23/h3-16,25H,1-2H3/b24-16+. The lowest BCUT2D eigenvalue weighted by molar-refractivity contribution is 0.585. The normalized spacial score (nSPS) is 11.9. The van der Waals surface area contributed by atoms with Crippen LogP contribution in [0.15, 0.2) is 88.9 Å². The molecule has 4 aromatic rings. The van der Waals surface area contributed by atoms with Gasteiger partial charge in [0, 0.05) is 22.6 Å². The molecule has 0 fully saturated rings. The number of fused-ring (bicyclic) bond motifs is 1. The third-order valence-corrected chi connectivity index (χ3v) is 6.11. The first-order chi connectivity index (χ1) is 14.0. The molecule has 6 heteroatoms. The number of sulfonamides is 1. The number of hydrazone groups is 1. The highest BCUT2D eigenvalue weighted by molar-refractivity contribution is 7.89. The third kappa shape index (κ3) is 3.79. The number of aromatic nitrogens is 1. The van der Waals surface area contributed by atoms with Crippen molar-refractivity contribution in [2.75, 3.05) is 0 Å². The zero-order valence-corrected chi connectivity index (χ0v) is 17.0. The Bertz CT molecular complexity index is 1310. The zero-order chi connectivity index (χ0) is 20.4. The molecule has 0 aliphatic heterocycles. The lowest BCUT2D eigenvalue weighted by Crippen LogP contribution is -2.18. The van der Waals surface area contributed by atoms with Crippen LogP contribution in [0, 0.1) is 13.8 Å². The second-order valence-electron chi connectivity index (χ2n) is 6.86. The molecule has 0 spiro atoms. The monoisotopic (exact) mass is 403 g/mol. The summed E-state index contributed by atoms with van der Waals surface area (Å²) in [6.45, 7) is 4.00. The maximum Gasteiger partial charge on any atom is 0.276 e. The molecular weight excluding hydrogens is 382 g/mol. The van der Waals surface area contributed by atoms with E-state index in [1.54, 1.807) is 24.4 Å². The van der Waals surface area contributed by atoms with E-state index in [0.717, 1.165) is 33.4 Å². The van der Waals surface area contributed by atoms with Crippen LogP contribution in [0.3, 0.4) is 0 Å². The van der Waals surface area contributed by atoms with Crippen LogP contribution in [0.1, 0.15) is 17.0 Å². The molecule has 0 bridgehead atoms. The van der Waals surface area contributed by atoms with Gasteiger partial charge < -0.3 is 4.57 Å². The lowest BCUT2D eigenvalue weighted by Gasteiger charge is -2.09. The average Bonchev–Trinajstić information content (AvgIpc) is 3.01. The third-order valence-electron chi connectivity index (χ3n) is 4.89. The fourth-order valence-corrected chi connectivity index (χ4v) is 4.27. The highest BCUT2D eigenvalue weighted by Gasteiger charge is 2.14. The number of rotatable bonds is 5. The largest absolute Gasteiger partial charge is 0.318 e. The van der Waals surface area contributed by atoms with E-state index in [0.29, 0.717) is 0 Å². The molecule has 0 saturated carbocycles. The molecule has 146 valence electrons. The summed E-state index contributed by atoms with van der Waals surface area (Å²) in [4.78, 5) is 2.50. The quantitative estimate of drug-likeness (QED) is 0.392. The summed E-state index contributed by atoms with van der Waals surface area (Å²) in [5.41, 5.74) is 3.95. The van der Waals surface area contributed by atoms with Crippen molar-refractivity contribution >= 4 is 27.0 Å². The van der Waals surface area contributed by atoms with Gasteiger partial charge in [-0.25, -0.2) is 4.83 Å². The van der Waals surface area contributed by atoms with Gasteiger partial charge in [0.1, 0.15) is 0 Å². The molecule has 0 unspecified atom stereocenters. The van der Waals surface area contributed by atoms with Gasteiger partial charge in [-0.05, 0) is 55.0 Å². The molecule has 3 aromatic carbocycles. The molecule has 0 radical (unpaired) electrons. The van der Waals surface area contributed by atoms with Crippen molar-refractivity contribution in [2.24, 2.45) is 5.10 Å². The van der Waals surface area contributed by atoms with Crippen molar-refractivity contribution in [3.8, 4) is 5.69 Å². The molecule has 1 aromatic heterocycles. The van der Waals surface area contributed by atoms with Crippen LogP contribution >= 0.6 is 0 Å². The van der Waals surface area contributed by atoms with E-state index in [2.05, 4.69) is 14.5 Å². The van der Waals surface area contributed by atoms with E-state index >= 15 is 0 Å². The fourth-order valence-electron chi connectivity index (χ4n) is 3.45. The Morgan fingerprint density at radius 1 is 0.862 bits per heavy atom. The topological polar surface area (TPSA) is 63.5 Å². The maximum absolute atomic E-state index is 12.6. The molecule has 4 rings (SSSR count). The average molecular weight is 404 g/mol. The molecule has 1 heterocycles. The van der Waals surface area contributed by atoms with Crippen molar-refractivity contribution in [1.29, 1.82) is 0 Å². The molecule has 29 heavy (non-hydrogen) atoms. The van der Waals surface area contributed by atoms with Crippen molar-refractivity contribution in [3.05, 3.63) is 95.8 Å². The second-order valence-corrected chi connectivity index (χ2v) is 8.52. The Morgan fingerprint density at radius 3 is 2.31 bits per heavy atom. The van der Waals surface area contributed by atoms with Crippen LogP contribution in [0.4, 0.5) is 0 Å². The Labute approximate surface area is 170 Å². The van der Waals surface area contributed by atoms with Crippen LogP contribution < -0.4 is 4.83 Å². The summed E-state index contributed by atoms with van der Waals surface area (Å²) < 4.78 is 27.3. The van der Waals surface area contributed by atoms with Crippen molar-refractivity contribution < 1.29 is 8.42 Å². The highest BCUT2D eigenvalue weighted by Crippen LogP contribution is 2.20. The molecule has 0 aliphatic carbocycles. The number of hydrogen-bond donors (Lipinski definition) is 1. The molecule has 0 saturated heterocycles. The minimum atomic E-state index is -3.74. The van der Waals surface area contributed by atoms with Gasteiger partial charge in [0.15, 0.2) is 0 Å². The molecule has 5 nitrogen and oxygen atoms in total. The summed E-state index contributed by atoms with van der Waals surface area (Å²) in [5.74, 6) is 0. The first-order valence-electron chi connectivity index (χ1n) is 9.24. The Balaban J connectivity index is 1.58. The van der Waals surface area contributed by atoms with Gasteiger partial charge >= 0.3 is 0 Å². The number of aryl methyl sites for hydroxylation is 1. The number of nitrogens with zero attached hydrogens (tertiary/aromatic N) is 2. The first-order valence-corrected chi connectivity index (χ1v) is 10.7. The van der Waals surface area contributed by atoms with Gasteiger partial charge in [-0.15, -0.1) is 0 Å². The predicted molar refractivity (Wildman–Crippen MR) is 117 cm³/mol. The van der Waals surface area contributed by atoms with Crippen LogP contribution in [0.5, 0.6) is 0 Å². The molecule has 0 atom stereocenters. The summed E-state index contributed by atoms with van der Waals surface area (Å²) in [6.07, 6.45) is 1.54. The van der Waals surface area contributed by atoms with E-state index in [4.69, 9.17) is 0 Å². The Hall–Kier alpha value is -3.38. The summed E-state index contributed by atoms with van der Waals surface area (Å²) in [5, 5.41) is 5.86. The fraction of sp³-hybridized carbons (Fsp3) is 0.0870. The number of hydrogen-bond acceptors (Lipinski definition) is 3. The van der Waals surface area contributed by atoms with Crippen LogP contribution in [-0.4, -0.2) is 19.2 Å². The minimum Gasteiger partial charge on any atom is -0.318 e. The van der Waals surface area contributed by atoms with Gasteiger partial charge in [-0.3, -0.25) is 0 Å². The van der Waals surface area contributed by atoms with Gasteiger partial charge in [-0.2, -0.15) is 13.5 Å². The van der Waals surface area contributed by atoms with E-state index in [1.807, 2.05) is 74.5 Å². The number of nitrogens with one attached hydrogen (secondary N) is 1. The summed E-state index contributed by atoms with van der Waals surface area (Å²) in [7, 11) is -3.74. The molecule has 0 amide bonds. The number of benzene rings is 3. The van der Waals surface area contributed by atoms with Gasteiger partial charge in [-0.1, -0.05) is 48.5 Å². The molecular formula is C23H21N3O2S. The van der Waals surface area contributed by atoms with Crippen molar-refractivity contribution in [3.63, 3.8) is 0 Å². The minimum absolute atomic E-state index is 0.183. The SMILES string of the molecule is Cc1cc(/C=N/NS(=O)(=O)c2ccc3ccccc3c2)c(C)n1-c1ccccc1. The molecule has 0 aliphatic rings. The molecule has 1 N–H and O–H groups in total. The Kier molecular flexibility index (Phi) is 4.94. The Morgan fingerprint density at radius 2 is 1.55 bits per heavy atom. The second kappa shape index (κ2) is 7.56. The van der Waals surface area contributed by atoms with Crippen LogP contribution in [0.25, 0.3) is 16.5 Å². The van der Waals surface area contributed by atoms with Crippen LogP contribution in [0.2, 0.25) is 0 Å². The van der Waals surface area contributed by atoms with Gasteiger partial charge in [0.2, 0.25) is 0 Å². The van der Waals surface area contributed by atoms with Crippen LogP contribution in [-0.2, 0) is 10.0 Å². The van der Waals surface area contributed by atoms with E-state index in [-0.39, 0.29) is 4.90 Å². The van der Waals surface area contributed by atoms with E-state index in [1.165, 1.54) is 0 Å². The van der Waals surface area contributed by atoms with Gasteiger partial charge in [0.25, 0.3) is 10.0 Å². The highest BCUT2D eigenvalue weighted by atomic mass is 32.2. The summed E-state index contributed by atoms with van der Waals surface area (Å²) >= 11 is 0. The predicted octanol–water partition coefficient (Wildman–Crippen LogP) is 4.56. The van der Waals surface area contributed by atoms with Crippen molar-refractivity contribution in [1.82, 2.24) is 9.40 Å². The smallest absolute Gasteiger partial charge is 0.276 e. The van der Waals surface area contributed by atoms with E-state index < -0.39 is 10.0 Å². The lowest BCUT2D eigenvalue weighted by atomic mass is 10.1. The van der Waals surface area contributed by atoms with Gasteiger partial charge in [0.05, 0.1) is 11.1 Å². The van der Waals surface area contributed by atoms with E-state index in [9.17, 15) is 8.42 Å². The zero-order valence-electron chi connectivity index (χ0n) is 16.2. The maximum atomic E-state index is 12.6.